The lowest BCUT2D eigenvalue weighted by Gasteiger charge is -2.19. The molecule has 0 N–H and O–H groups in total. The van der Waals surface area contributed by atoms with Crippen molar-refractivity contribution >= 4 is 5.57 Å². The largest absolute Gasteiger partial charge is 0.256 e. The second kappa shape index (κ2) is 9.60. The van der Waals surface area contributed by atoms with Crippen LogP contribution in [0.25, 0.3) is 16.8 Å². The Morgan fingerprint density at radius 1 is 0.903 bits per heavy atom. The molecule has 0 aliphatic heterocycles. The molecule has 0 bridgehead atoms. The van der Waals surface area contributed by atoms with Crippen LogP contribution in [-0.2, 0) is 11.1 Å². The van der Waals surface area contributed by atoms with E-state index in [0.29, 0.717) is 11.3 Å². The number of pyridine rings is 1. The van der Waals surface area contributed by atoms with Gasteiger partial charge in [-0.3, -0.25) is 4.98 Å². The van der Waals surface area contributed by atoms with E-state index in [2.05, 4.69) is 69.6 Å². The first-order valence-corrected chi connectivity index (χ1v) is 10.8. The number of halogens is 1. The third-order valence-electron chi connectivity index (χ3n) is 5.34. The van der Waals surface area contributed by atoms with Crippen LogP contribution in [0.2, 0.25) is 0 Å². The fraction of sp³-hybridized carbons (Fsp3) is 0.345. The van der Waals surface area contributed by atoms with Crippen LogP contribution >= 0.6 is 0 Å². The highest BCUT2D eigenvalue weighted by molar-refractivity contribution is 5.72. The number of allylic oxidation sites excluding steroid dienone is 1. The maximum absolute atomic E-state index is 14.4. The molecule has 0 saturated carbocycles. The van der Waals surface area contributed by atoms with Crippen LogP contribution in [0, 0.1) is 13.8 Å². The Morgan fingerprint density at radius 3 is 2.00 bits per heavy atom. The summed E-state index contributed by atoms with van der Waals surface area (Å²) in [4.78, 5) is 4.39. The first kappa shape index (κ1) is 24.5. The maximum Gasteiger partial charge on any atom is 0.132 e. The van der Waals surface area contributed by atoms with E-state index in [9.17, 15) is 4.39 Å². The number of hydrogen-bond donors (Lipinski definition) is 0. The predicted octanol–water partition coefficient (Wildman–Crippen LogP) is 8.59. The van der Waals surface area contributed by atoms with E-state index in [1.54, 1.807) is 32.2 Å². The standard InChI is InChI=1S/C18H20FN.C11H16/c1-12(2)14-8-9-15(13(3)11-14)17-16(18(4,5)19)7-6-10-20-17;1-9-5-7-10(8-6-9)11(2,3)4/h6-11H,1H2,2-5H3;5-8H,1-4H3. The molecule has 0 atom stereocenters. The Labute approximate surface area is 188 Å². The van der Waals surface area contributed by atoms with Gasteiger partial charge in [0.25, 0.3) is 0 Å². The quantitative estimate of drug-likeness (QED) is 0.416. The molecule has 0 aliphatic carbocycles. The van der Waals surface area contributed by atoms with Gasteiger partial charge in [0.2, 0.25) is 0 Å². The molecule has 0 saturated heterocycles. The number of aryl methyl sites for hydroxylation is 2. The van der Waals surface area contributed by atoms with Gasteiger partial charge in [0, 0.05) is 17.3 Å². The lowest BCUT2D eigenvalue weighted by Crippen LogP contribution is -2.12. The lowest BCUT2D eigenvalue weighted by atomic mass is 9.87. The zero-order valence-electron chi connectivity index (χ0n) is 20.3. The minimum atomic E-state index is -1.41. The smallest absolute Gasteiger partial charge is 0.132 e. The molecule has 3 rings (SSSR count). The Kier molecular flexibility index (Phi) is 7.59. The van der Waals surface area contributed by atoms with Crippen molar-refractivity contribution in [1.82, 2.24) is 4.98 Å². The molecule has 0 unspecified atom stereocenters. The van der Waals surface area contributed by atoms with Crippen molar-refractivity contribution in [1.29, 1.82) is 0 Å². The molecule has 164 valence electrons. The van der Waals surface area contributed by atoms with E-state index in [1.807, 2.05) is 26.0 Å². The minimum Gasteiger partial charge on any atom is -0.256 e. The molecule has 1 nitrogen and oxygen atoms in total. The molecule has 1 heterocycles. The average molecular weight is 418 g/mol. The summed E-state index contributed by atoms with van der Waals surface area (Å²) in [6.07, 6.45) is 1.71. The molecular weight excluding hydrogens is 381 g/mol. The highest BCUT2D eigenvalue weighted by Gasteiger charge is 2.24. The predicted molar refractivity (Wildman–Crippen MR) is 133 cm³/mol. The van der Waals surface area contributed by atoms with Crippen molar-refractivity contribution < 1.29 is 4.39 Å². The zero-order valence-corrected chi connectivity index (χ0v) is 20.3. The monoisotopic (exact) mass is 417 g/mol. The summed E-state index contributed by atoms with van der Waals surface area (Å²) in [6, 6.07) is 18.4. The fourth-order valence-corrected chi connectivity index (χ4v) is 3.35. The fourth-order valence-electron chi connectivity index (χ4n) is 3.35. The van der Waals surface area contributed by atoms with Crippen LogP contribution < -0.4 is 0 Å². The van der Waals surface area contributed by atoms with Crippen LogP contribution in [0.15, 0.2) is 67.4 Å². The van der Waals surface area contributed by atoms with Crippen LogP contribution in [0.5, 0.6) is 0 Å². The van der Waals surface area contributed by atoms with Crippen molar-refractivity contribution in [2.24, 2.45) is 0 Å². The van der Waals surface area contributed by atoms with Crippen LogP contribution in [0.4, 0.5) is 4.39 Å². The Bertz CT molecular complexity index is 1030. The minimum absolute atomic E-state index is 0.285. The molecule has 0 fully saturated rings. The van der Waals surface area contributed by atoms with Crippen molar-refractivity contribution in [2.75, 3.05) is 0 Å². The number of benzene rings is 2. The summed E-state index contributed by atoms with van der Waals surface area (Å²) in [7, 11) is 0. The van der Waals surface area contributed by atoms with Gasteiger partial charge < -0.3 is 0 Å². The second-order valence-corrected chi connectivity index (χ2v) is 9.80. The third kappa shape index (κ3) is 6.62. The topological polar surface area (TPSA) is 12.9 Å². The SMILES string of the molecule is C=C(C)c1ccc(-c2ncccc2C(C)(C)F)c(C)c1.Cc1ccc(C(C)(C)C)cc1. The molecule has 3 aromatic rings. The number of nitrogens with zero attached hydrogens (tertiary/aromatic N) is 1. The van der Waals surface area contributed by atoms with Gasteiger partial charge in [-0.1, -0.05) is 87.0 Å². The summed E-state index contributed by atoms with van der Waals surface area (Å²) in [5, 5.41) is 0. The molecular formula is C29H36FN. The van der Waals surface area contributed by atoms with E-state index >= 15 is 0 Å². The summed E-state index contributed by atoms with van der Waals surface area (Å²) in [5.74, 6) is 0. The van der Waals surface area contributed by atoms with Crippen LogP contribution in [-0.4, -0.2) is 4.98 Å². The van der Waals surface area contributed by atoms with Crippen molar-refractivity contribution in [3.8, 4) is 11.3 Å². The normalized spacial score (nSPS) is 11.5. The molecule has 0 amide bonds. The van der Waals surface area contributed by atoms with E-state index in [4.69, 9.17) is 0 Å². The van der Waals surface area contributed by atoms with Crippen molar-refractivity contribution in [3.05, 3.63) is 95.2 Å². The molecule has 0 spiro atoms. The molecule has 0 aliphatic rings. The van der Waals surface area contributed by atoms with Gasteiger partial charge in [-0.2, -0.15) is 0 Å². The number of alkyl halides is 1. The first-order chi connectivity index (χ1) is 14.3. The summed E-state index contributed by atoms with van der Waals surface area (Å²) in [5.41, 5.74) is 7.11. The van der Waals surface area contributed by atoms with Crippen LogP contribution in [0.3, 0.4) is 0 Å². The average Bonchev–Trinajstić information content (AvgIpc) is 2.67. The molecule has 2 heteroatoms. The maximum atomic E-state index is 14.4. The van der Waals surface area contributed by atoms with Crippen LogP contribution in [0.1, 0.15) is 69.4 Å². The number of aromatic nitrogens is 1. The van der Waals surface area contributed by atoms with Gasteiger partial charge in [-0.05, 0) is 62.8 Å². The Hall–Kier alpha value is -2.74. The first-order valence-electron chi connectivity index (χ1n) is 10.8. The summed E-state index contributed by atoms with van der Waals surface area (Å²) >= 11 is 0. The number of rotatable bonds is 3. The highest BCUT2D eigenvalue weighted by Crippen LogP contribution is 2.34. The molecule has 1 aromatic heterocycles. The van der Waals surface area contributed by atoms with Gasteiger partial charge in [0.15, 0.2) is 0 Å². The van der Waals surface area contributed by atoms with Gasteiger partial charge in [-0.15, -0.1) is 0 Å². The van der Waals surface area contributed by atoms with E-state index in [1.165, 1.54) is 11.1 Å². The van der Waals surface area contributed by atoms with Gasteiger partial charge in [0.05, 0.1) is 5.69 Å². The van der Waals surface area contributed by atoms with Gasteiger partial charge in [-0.25, -0.2) is 4.39 Å². The Balaban J connectivity index is 0.000000262. The molecule has 31 heavy (non-hydrogen) atoms. The third-order valence-corrected chi connectivity index (χ3v) is 5.34. The van der Waals surface area contributed by atoms with Crippen molar-refractivity contribution in [3.63, 3.8) is 0 Å². The molecule has 2 aromatic carbocycles. The van der Waals surface area contributed by atoms with E-state index in [-0.39, 0.29) is 5.41 Å². The highest BCUT2D eigenvalue weighted by atomic mass is 19.1. The zero-order chi connectivity index (χ0) is 23.4. The van der Waals surface area contributed by atoms with E-state index < -0.39 is 5.67 Å². The summed E-state index contributed by atoms with van der Waals surface area (Å²) in [6.45, 7) is 19.9. The lowest BCUT2D eigenvalue weighted by molar-refractivity contribution is 0.222. The Morgan fingerprint density at radius 2 is 1.52 bits per heavy atom. The van der Waals surface area contributed by atoms with Gasteiger partial charge in [0.1, 0.15) is 5.67 Å². The summed E-state index contributed by atoms with van der Waals surface area (Å²) < 4.78 is 14.4. The van der Waals surface area contributed by atoms with Crippen molar-refractivity contribution in [2.45, 2.75) is 66.5 Å². The van der Waals surface area contributed by atoms with E-state index in [0.717, 1.165) is 22.3 Å². The number of hydrogen-bond acceptors (Lipinski definition) is 1. The van der Waals surface area contributed by atoms with Gasteiger partial charge >= 0.3 is 0 Å². The molecule has 0 radical (unpaired) electrons. The second-order valence-electron chi connectivity index (χ2n) is 9.80.